The molecule has 0 saturated heterocycles. The van der Waals surface area contributed by atoms with Crippen molar-refractivity contribution in [3.8, 4) is 23.7 Å². The van der Waals surface area contributed by atoms with E-state index in [0.29, 0.717) is 11.1 Å². The van der Waals surface area contributed by atoms with E-state index in [1.165, 1.54) is 0 Å². The monoisotopic (exact) mass is 392 g/mol. The predicted molar refractivity (Wildman–Crippen MR) is 105 cm³/mol. The second-order valence-corrected chi connectivity index (χ2v) is 6.67. The van der Waals surface area contributed by atoms with Gasteiger partial charge in [0.1, 0.15) is 11.1 Å². The maximum Gasteiger partial charge on any atom is 0.178 e. The van der Waals surface area contributed by atoms with Gasteiger partial charge >= 0.3 is 0 Å². The first-order valence-corrected chi connectivity index (χ1v) is 8.82. The van der Waals surface area contributed by atoms with Crippen LogP contribution in [0.4, 0.5) is 17.6 Å². The third kappa shape index (κ3) is 4.33. The summed E-state index contributed by atoms with van der Waals surface area (Å²) < 4.78 is 57.5. The van der Waals surface area contributed by atoms with Crippen molar-refractivity contribution in [2.24, 2.45) is 0 Å². The highest BCUT2D eigenvalue weighted by molar-refractivity contribution is 5.51. The van der Waals surface area contributed by atoms with Crippen molar-refractivity contribution in [1.82, 2.24) is 0 Å². The van der Waals surface area contributed by atoms with Crippen LogP contribution in [0.15, 0.2) is 42.5 Å². The number of hydrogen-bond acceptors (Lipinski definition) is 0. The molecule has 29 heavy (non-hydrogen) atoms. The molecular formula is C25H16F4. The zero-order valence-corrected chi connectivity index (χ0v) is 16.1. The third-order valence-electron chi connectivity index (χ3n) is 4.49. The molecule has 0 unspecified atom stereocenters. The van der Waals surface area contributed by atoms with Crippen molar-refractivity contribution < 1.29 is 17.6 Å². The van der Waals surface area contributed by atoms with E-state index >= 15 is 0 Å². The molecule has 0 fully saturated rings. The Morgan fingerprint density at radius 2 is 0.966 bits per heavy atom. The maximum atomic E-state index is 14.4. The highest BCUT2D eigenvalue weighted by Crippen LogP contribution is 2.23. The summed E-state index contributed by atoms with van der Waals surface area (Å²) in [5.74, 6) is 3.20. The van der Waals surface area contributed by atoms with Gasteiger partial charge in [-0.25, -0.2) is 17.6 Å². The lowest BCUT2D eigenvalue weighted by Gasteiger charge is -2.04. The van der Waals surface area contributed by atoms with Gasteiger partial charge in [-0.1, -0.05) is 47.4 Å². The molecule has 0 saturated carbocycles. The largest absolute Gasteiger partial charge is 0.202 e. The lowest BCUT2D eigenvalue weighted by molar-refractivity contribution is 0.447. The van der Waals surface area contributed by atoms with Gasteiger partial charge in [0.05, 0.1) is 0 Å². The maximum absolute atomic E-state index is 14.4. The van der Waals surface area contributed by atoms with Crippen LogP contribution in [0, 0.1) is 67.7 Å². The molecule has 3 aromatic carbocycles. The molecule has 0 nitrogen and oxygen atoms in total. The molecule has 0 atom stereocenters. The molecule has 0 N–H and O–H groups in total. The molecule has 0 radical (unpaired) electrons. The Morgan fingerprint density at radius 1 is 0.517 bits per heavy atom. The van der Waals surface area contributed by atoms with Crippen molar-refractivity contribution in [3.05, 3.63) is 105 Å². The van der Waals surface area contributed by atoms with Gasteiger partial charge < -0.3 is 0 Å². The first kappa shape index (κ1) is 20.2. The smallest absolute Gasteiger partial charge is 0.178 e. The number of rotatable bonds is 0. The zero-order chi connectivity index (χ0) is 21.1. The van der Waals surface area contributed by atoms with Crippen LogP contribution < -0.4 is 0 Å². The van der Waals surface area contributed by atoms with Gasteiger partial charge in [-0.2, -0.15) is 0 Å². The molecule has 3 rings (SSSR count). The van der Waals surface area contributed by atoms with Gasteiger partial charge in [-0.15, -0.1) is 0 Å². The number of benzene rings is 3. The Balaban J connectivity index is 2.04. The lowest BCUT2D eigenvalue weighted by atomic mass is 10.0. The van der Waals surface area contributed by atoms with E-state index in [0.717, 1.165) is 16.7 Å². The van der Waals surface area contributed by atoms with Crippen molar-refractivity contribution in [2.45, 2.75) is 20.8 Å². The third-order valence-corrected chi connectivity index (χ3v) is 4.49. The van der Waals surface area contributed by atoms with Crippen LogP contribution >= 0.6 is 0 Å². The molecule has 0 aromatic heterocycles. The van der Waals surface area contributed by atoms with Crippen LogP contribution in [-0.4, -0.2) is 0 Å². The molecule has 144 valence electrons. The van der Waals surface area contributed by atoms with Gasteiger partial charge in [0.15, 0.2) is 23.3 Å². The van der Waals surface area contributed by atoms with Crippen molar-refractivity contribution in [3.63, 3.8) is 0 Å². The van der Waals surface area contributed by atoms with Crippen molar-refractivity contribution in [2.75, 3.05) is 0 Å². The predicted octanol–water partition coefficient (Wildman–Crippen LogP) is 5.97. The molecule has 0 amide bonds. The van der Waals surface area contributed by atoms with Gasteiger partial charge in [0, 0.05) is 11.1 Å². The Morgan fingerprint density at radius 3 is 1.45 bits per heavy atom. The molecule has 0 aliphatic heterocycles. The van der Waals surface area contributed by atoms with Crippen LogP contribution in [0.25, 0.3) is 0 Å². The second kappa shape index (κ2) is 8.25. The van der Waals surface area contributed by atoms with Gasteiger partial charge in [0.2, 0.25) is 0 Å². The van der Waals surface area contributed by atoms with Crippen LogP contribution in [-0.2, 0) is 0 Å². The fraction of sp³-hybridized carbons (Fsp3) is 0.120. The molecule has 0 spiro atoms. The fourth-order valence-electron chi connectivity index (χ4n) is 2.58. The number of hydrogen-bond donors (Lipinski definition) is 0. The highest BCUT2D eigenvalue weighted by Gasteiger charge is 2.23. The van der Waals surface area contributed by atoms with Crippen LogP contribution in [0.2, 0.25) is 0 Å². The summed E-state index contributed by atoms with van der Waals surface area (Å²) in [5.41, 5.74) is 1.98. The minimum Gasteiger partial charge on any atom is -0.202 e. The molecule has 3 aromatic rings. The summed E-state index contributed by atoms with van der Waals surface area (Å²) in [6.07, 6.45) is 0. The van der Waals surface area contributed by atoms with Crippen LogP contribution in [0.3, 0.4) is 0 Å². The SMILES string of the molecule is Cc1ccc(C#Cc2c(F)c(F)c(C#Cc3ccc(C)c(C)c3)c(F)c2F)cc1. The Hall–Kier alpha value is -3.50. The summed E-state index contributed by atoms with van der Waals surface area (Å²) in [6.45, 7) is 5.65. The molecule has 0 aliphatic rings. The molecule has 4 heteroatoms. The van der Waals surface area contributed by atoms with Crippen molar-refractivity contribution >= 4 is 0 Å². The summed E-state index contributed by atoms with van der Waals surface area (Å²) in [5, 5.41) is 0. The van der Waals surface area contributed by atoms with E-state index in [-0.39, 0.29) is 0 Å². The van der Waals surface area contributed by atoms with E-state index in [2.05, 4.69) is 23.7 Å². The Labute approximate surface area is 167 Å². The van der Waals surface area contributed by atoms with Crippen LogP contribution in [0.5, 0.6) is 0 Å². The lowest BCUT2D eigenvalue weighted by Crippen LogP contribution is -2.04. The molecule has 0 heterocycles. The van der Waals surface area contributed by atoms with E-state index < -0.39 is 34.4 Å². The summed E-state index contributed by atoms with van der Waals surface area (Å²) in [7, 11) is 0. The topological polar surface area (TPSA) is 0 Å². The summed E-state index contributed by atoms with van der Waals surface area (Å²) >= 11 is 0. The Kier molecular flexibility index (Phi) is 5.76. The number of aryl methyl sites for hydroxylation is 3. The second-order valence-electron chi connectivity index (χ2n) is 6.67. The Bertz CT molecular complexity index is 1190. The van der Waals surface area contributed by atoms with Crippen molar-refractivity contribution in [1.29, 1.82) is 0 Å². The fourth-order valence-corrected chi connectivity index (χ4v) is 2.58. The normalized spacial score (nSPS) is 10.0. The van der Waals surface area contributed by atoms with Gasteiger partial charge in [-0.05, 0) is 56.2 Å². The van der Waals surface area contributed by atoms with E-state index in [1.54, 1.807) is 42.5 Å². The zero-order valence-electron chi connectivity index (χ0n) is 16.1. The van der Waals surface area contributed by atoms with E-state index in [4.69, 9.17) is 0 Å². The quantitative estimate of drug-likeness (QED) is 0.251. The first-order chi connectivity index (χ1) is 13.8. The van der Waals surface area contributed by atoms with Gasteiger partial charge in [0.25, 0.3) is 0 Å². The average Bonchev–Trinajstić information content (AvgIpc) is 2.70. The molecule has 0 bridgehead atoms. The molecule has 0 aliphatic carbocycles. The van der Waals surface area contributed by atoms with Gasteiger partial charge in [-0.3, -0.25) is 0 Å². The van der Waals surface area contributed by atoms with E-state index in [9.17, 15) is 17.6 Å². The summed E-state index contributed by atoms with van der Waals surface area (Å²) in [6, 6.07) is 12.0. The standard InChI is InChI=1S/C25H16F4/c1-15-4-7-18(8-5-15)10-12-20-22(26)24(28)21(25(29)23(20)27)13-11-19-9-6-16(2)17(3)14-19/h4-9,14H,1-3H3. The minimum atomic E-state index is -1.56. The van der Waals surface area contributed by atoms with Crippen LogP contribution in [0.1, 0.15) is 38.9 Å². The molecular weight excluding hydrogens is 376 g/mol. The average molecular weight is 392 g/mol. The van der Waals surface area contributed by atoms with E-state index in [1.807, 2.05) is 20.8 Å². The highest BCUT2D eigenvalue weighted by atomic mass is 19.2. The number of halogens is 4. The minimum absolute atomic E-state index is 0.467. The summed E-state index contributed by atoms with van der Waals surface area (Å²) in [4.78, 5) is 0. The first-order valence-electron chi connectivity index (χ1n) is 8.82.